The van der Waals surface area contributed by atoms with Crippen LogP contribution in [-0.4, -0.2) is 14.5 Å². The zero-order valence-electron chi connectivity index (χ0n) is 12.1. The lowest BCUT2D eigenvalue weighted by Crippen LogP contribution is -2.14. The fraction of sp³-hybridized carbons (Fsp3) is 0.0556. The SMILES string of the molecule is O=c1ncn(Cc2ccccc2)c2nc3cc(Cl)ccc3cc12. The van der Waals surface area contributed by atoms with E-state index in [1.807, 2.05) is 47.0 Å². The van der Waals surface area contributed by atoms with Gasteiger partial charge in [-0.05, 0) is 23.8 Å². The molecular formula is C18H12ClN3O. The molecule has 0 aliphatic carbocycles. The van der Waals surface area contributed by atoms with Gasteiger partial charge in [0.25, 0.3) is 5.56 Å². The molecule has 112 valence electrons. The topological polar surface area (TPSA) is 47.8 Å². The Morgan fingerprint density at radius 1 is 1.04 bits per heavy atom. The van der Waals surface area contributed by atoms with Gasteiger partial charge in [0.15, 0.2) is 0 Å². The Labute approximate surface area is 137 Å². The first kappa shape index (κ1) is 13.9. The maximum absolute atomic E-state index is 12.1. The molecule has 4 aromatic rings. The number of aromatic nitrogens is 3. The number of pyridine rings is 1. The molecule has 2 aromatic heterocycles. The van der Waals surface area contributed by atoms with Crippen LogP contribution in [0.5, 0.6) is 0 Å². The van der Waals surface area contributed by atoms with Gasteiger partial charge < -0.3 is 4.57 Å². The van der Waals surface area contributed by atoms with Crippen LogP contribution in [-0.2, 0) is 6.54 Å². The van der Waals surface area contributed by atoms with Crippen LogP contribution in [0.1, 0.15) is 5.56 Å². The Morgan fingerprint density at radius 2 is 1.87 bits per heavy atom. The van der Waals surface area contributed by atoms with E-state index in [0.717, 1.165) is 16.5 Å². The molecule has 0 aliphatic heterocycles. The lowest BCUT2D eigenvalue weighted by Gasteiger charge is -2.10. The summed E-state index contributed by atoms with van der Waals surface area (Å²) in [4.78, 5) is 20.7. The van der Waals surface area contributed by atoms with Crippen LogP contribution < -0.4 is 5.56 Å². The minimum atomic E-state index is -0.270. The second-order valence-corrected chi connectivity index (χ2v) is 5.80. The minimum absolute atomic E-state index is 0.270. The number of benzene rings is 2. The molecule has 0 saturated carbocycles. The second kappa shape index (κ2) is 5.48. The second-order valence-electron chi connectivity index (χ2n) is 5.36. The van der Waals surface area contributed by atoms with E-state index < -0.39 is 0 Å². The van der Waals surface area contributed by atoms with Crippen LogP contribution in [0.3, 0.4) is 0 Å². The van der Waals surface area contributed by atoms with Gasteiger partial charge in [-0.3, -0.25) is 4.79 Å². The molecule has 2 aromatic carbocycles. The van der Waals surface area contributed by atoms with Crippen molar-refractivity contribution in [3.05, 3.63) is 81.9 Å². The average molecular weight is 322 g/mol. The first-order valence-corrected chi connectivity index (χ1v) is 7.58. The summed E-state index contributed by atoms with van der Waals surface area (Å²) in [5.74, 6) is 0. The van der Waals surface area contributed by atoms with Crippen LogP contribution in [0.25, 0.3) is 21.9 Å². The number of fused-ring (bicyclic) bond motifs is 2. The van der Waals surface area contributed by atoms with Crippen molar-refractivity contribution in [3.8, 4) is 0 Å². The van der Waals surface area contributed by atoms with Crippen molar-refractivity contribution in [1.29, 1.82) is 0 Å². The first-order chi connectivity index (χ1) is 11.2. The Morgan fingerprint density at radius 3 is 2.70 bits per heavy atom. The highest BCUT2D eigenvalue weighted by Crippen LogP contribution is 2.21. The van der Waals surface area contributed by atoms with Crippen molar-refractivity contribution in [2.75, 3.05) is 0 Å². The summed E-state index contributed by atoms with van der Waals surface area (Å²) in [6.45, 7) is 0.601. The summed E-state index contributed by atoms with van der Waals surface area (Å²) < 4.78 is 1.88. The molecule has 23 heavy (non-hydrogen) atoms. The van der Waals surface area contributed by atoms with Crippen LogP contribution in [0.2, 0.25) is 5.02 Å². The van der Waals surface area contributed by atoms with Gasteiger partial charge in [0.1, 0.15) is 12.0 Å². The van der Waals surface area contributed by atoms with E-state index in [-0.39, 0.29) is 5.56 Å². The van der Waals surface area contributed by atoms with E-state index >= 15 is 0 Å². The number of hydrogen-bond donors (Lipinski definition) is 0. The van der Waals surface area contributed by atoms with Crippen molar-refractivity contribution < 1.29 is 0 Å². The number of nitrogens with zero attached hydrogens (tertiary/aromatic N) is 3. The summed E-state index contributed by atoms with van der Waals surface area (Å²) in [6.07, 6.45) is 1.54. The van der Waals surface area contributed by atoms with Gasteiger partial charge in [-0.25, -0.2) is 4.98 Å². The normalized spacial score (nSPS) is 11.2. The summed E-state index contributed by atoms with van der Waals surface area (Å²) in [5, 5.41) is 2.01. The highest BCUT2D eigenvalue weighted by Gasteiger charge is 2.08. The van der Waals surface area contributed by atoms with Crippen molar-refractivity contribution in [3.63, 3.8) is 0 Å². The maximum Gasteiger partial charge on any atom is 0.282 e. The Bertz CT molecular complexity index is 1070. The highest BCUT2D eigenvalue weighted by molar-refractivity contribution is 6.31. The van der Waals surface area contributed by atoms with E-state index in [2.05, 4.69) is 9.97 Å². The van der Waals surface area contributed by atoms with Crippen molar-refractivity contribution in [1.82, 2.24) is 14.5 Å². The predicted molar refractivity (Wildman–Crippen MR) is 91.9 cm³/mol. The highest BCUT2D eigenvalue weighted by atomic mass is 35.5. The van der Waals surface area contributed by atoms with Gasteiger partial charge in [0, 0.05) is 10.4 Å². The molecule has 0 bridgehead atoms. The van der Waals surface area contributed by atoms with E-state index in [0.29, 0.717) is 22.6 Å². The van der Waals surface area contributed by atoms with Crippen LogP contribution in [0, 0.1) is 0 Å². The molecule has 4 nitrogen and oxygen atoms in total. The Kier molecular flexibility index (Phi) is 3.32. The fourth-order valence-electron chi connectivity index (χ4n) is 2.65. The molecule has 0 amide bonds. The zero-order chi connectivity index (χ0) is 15.8. The van der Waals surface area contributed by atoms with Gasteiger partial charge in [0.05, 0.1) is 17.4 Å². The smallest absolute Gasteiger partial charge is 0.282 e. The number of halogens is 1. The van der Waals surface area contributed by atoms with Gasteiger partial charge in [0.2, 0.25) is 0 Å². The number of hydrogen-bond acceptors (Lipinski definition) is 3. The van der Waals surface area contributed by atoms with E-state index in [9.17, 15) is 4.79 Å². The number of rotatable bonds is 2. The largest absolute Gasteiger partial charge is 0.312 e. The summed E-state index contributed by atoms with van der Waals surface area (Å²) in [6, 6.07) is 17.3. The van der Waals surface area contributed by atoms with Crippen LogP contribution in [0.15, 0.2) is 65.7 Å². The Balaban J connectivity index is 1.97. The van der Waals surface area contributed by atoms with Gasteiger partial charge >= 0.3 is 0 Å². The van der Waals surface area contributed by atoms with Gasteiger partial charge in [-0.1, -0.05) is 48.0 Å². The standard InChI is InChI=1S/C18H12ClN3O/c19-14-7-6-13-8-15-17(21-16(13)9-14)22(11-20-18(15)23)10-12-4-2-1-3-5-12/h1-9,11H,10H2. The molecule has 0 atom stereocenters. The van der Waals surface area contributed by atoms with Crippen LogP contribution >= 0.6 is 11.6 Å². The maximum atomic E-state index is 12.1. The van der Waals surface area contributed by atoms with E-state index in [4.69, 9.17) is 11.6 Å². The van der Waals surface area contributed by atoms with Crippen molar-refractivity contribution in [2.24, 2.45) is 0 Å². The van der Waals surface area contributed by atoms with Gasteiger partial charge in [-0.15, -0.1) is 0 Å². The monoisotopic (exact) mass is 321 g/mol. The molecule has 4 rings (SSSR count). The zero-order valence-corrected chi connectivity index (χ0v) is 12.9. The molecular weight excluding hydrogens is 310 g/mol. The van der Waals surface area contributed by atoms with Crippen molar-refractivity contribution >= 4 is 33.5 Å². The molecule has 0 radical (unpaired) electrons. The molecule has 0 saturated heterocycles. The predicted octanol–water partition coefficient (Wildman–Crippen LogP) is 3.65. The third kappa shape index (κ3) is 2.58. The van der Waals surface area contributed by atoms with E-state index in [1.165, 1.54) is 0 Å². The molecule has 0 spiro atoms. The average Bonchev–Trinajstić information content (AvgIpc) is 2.57. The van der Waals surface area contributed by atoms with E-state index in [1.54, 1.807) is 18.5 Å². The summed E-state index contributed by atoms with van der Waals surface area (Å²) >= 11 is 6.05. The fourth-order valence-corrected chi connectivity index (χ4v) is 2.81. The first-order valence-electron chi connectivity index (χ1n) is 7.20. The van der Waals surface area contributed by atoms with Crippen LogP contribution in [0.4, 0.5) is 0 Å². The lowest BCUT2D eigenvalue weighted by molar-refractivity contribution is 0.788. The molecule has 5 heteroatoms. The third-order valence-electron chi connectivity index (χ3n) is 3.77. The molecule has 0 unspecified atom stereocenters. The van der Waals surface area contributed by atoms with Crippen molar-refractivity contribution in [2.45, 2.75) is 6.54 Å². The quantitative estimate of drug-likeness (QED) is 0.529. The Hall–Kier alpha value is -2.72. The third-order valence-corrected chi connectivity index (χ3v) is 4.01. The lowest BCUT2D eigenvalue weighted by atomic mass is 10.2. The molecule has 0 fully saturated rings. The summed E-state index contributed by atoms with van der Waals surface area (Å²) in [5.41, 5.74) is 2.22. The molecule has 2 heterocycles. The van der Waals surface area contributed by atoms with Gasteiger partial charge in [-0.2, -0.15) is 4.98 Å². The summed E-state index contributed by atoms with van der Waals surface area (Å²) in [7, 11) is 0. The molecule has 0 N–H and O–H groups in total. The minimum Gasteiger partial charge on any atom is -0.312 e. The molecule has 0 aliphatic rings.